The van der Waals surface area contributed by atoms with E-state index in [-0.39, 0.29) is 17.9 Å². The standard InChI is InChI=1S/C25H32N2O3/c1-20(25(29)26-22-13-8-9-14-22)27(19-21-11-4-2-5-12-21)24(28)17-10-18-30-23-15-6-3-7-16-23/h2-7,11-12,15-16,20,22H,8-10,13-14,17-19H2,1H3,(H,26,29)/t20-/m1/s1. The number of nitrogens with one attached hydrogen (secondary N) is 1. The van der Waals surface area contributed by atoms with Crippen molar-refractivity contribution in [2.45, 2.75) is 64.1 Å². The van der Waals surface area contributed by atoms with Crippen molar-refractivity contribution in [3.05, 3.63) is 66.2 Å². The molecule has 1 fully saturated rings. The van der Waals surface area contributed by atoms with E-state index in [4.69, 9.17) is 4.74 Å². The van der Waals surface area contributed by atoms with Gasteiger partial charge < -0.3 is 15.0 Å². The maximum Gasteiger partial charge on any atom is 0.242 e. The Morgan fingerprint density at radius 1 is 1.03 bits per heavy atom. The zero-order valence-electron chi connectivity index (χ0n) is 17.8. The molecule has 0 spiro atoms. The molecule has 30 heavy (non-hydrogen) atoms. The highest BCUT2D eigenvalue weighted by Gasteiger charge is 2.28. The second kappa shape index (κ2) is 11.4. The third-order valence-corrected chi connectivity index (χ3v) is 5.61. The van der Waals surface area contributed by atoms with Crippen molar-refractivity contribution in [1.82, 2.24) is 10.2 Å². The lowest BCUT2D eigenvalue weighted by Gasteiger charge is -2.30. The summed E-state index contributed by atoms with van der Waals surface area (Å²) in [4.78, 5) is 27.5. The van der Waals surface area contributed by atoms with E-state index in [9.17, 15) is 9.59 Å². The summed E-state index contributed by atoms with van der Waals surface area (Å²) < 4.78 is 5.70. The lowest BCUT2D eigenvalue weighted by molar-refractivity contribution is -0.141. The Kier molecular flexibility index (Phi) is 8.30. The molecule has 1 N–H and O–H groups in total. The molecule has 2 amide bonds. The van der Waals surface area contributed by atoms with Crippen LogP contribution in [0.2, 0.25) is 0 Å². The maximum absolute atomic E-state index is 13.0. The first-order valence-electron chi connectivity index (χ1n) is 10.9. The third kappa shape index (κ3) is 6.61. The normalized spacial score (nSPS) is 14.8. The molecule has 2 aromatic rings. The first kappa shape index (κ1) is 21.9. The molecule has 1 saturated carbocycles. The van der Waals surface area contributed by atoms with Crippen LogP contribution in [0.5, 0.6) is 5.75 Å². The van der Waals surface area contributed by atoms with Gasteiger partial charge in [-0.2, -0.15) is 0 Å². The van der Waals surface area contributed by atoms with E-state index in [1.165, 1.54) is 0 Å². The average molecular weight is 409 g/mol. The number of rotatable bonds is 10. The molecule has 5 heteroatoms. The quantitative estimate of drug-likeness (QED) is 0.596. The number of para-hydroxylation sites is 1. The van der Waals surface area contributed by atoms with Crippen LogP contribution in [0.3, 0.4) is 0 Å². The van der Waals surface area contributed by atoms with Crippen LogP contribution >= 0.6 is 0 Å². The van der Waals surface area contributed by atoms with Crippen LogP contribution in [0.15, 0.2) is 60.7 Å². The molecule has 3 rings (SSSR count). The van der Waals surface area contributed by atoms with Crippen molar-refractivity contribution in [3.8, 4) is 5.75 Å². The van der Waals surface area contributed by atoms with E-state index in [0.717, 1.165) is 37.0 Å². The topological polar surface area (TPSA) is 58.6 Å². The van der Waals surface area contributed by atoms with E-state index in [0.29, 0.717) is 26.0 Å². The molecular formula is C25H32N2O3. The van der Waals surface area contributed by atoms with Gasteiger partial charge in [0.05, 0.1) is 6.61 Å². The molecular weight excluding hydrogens is 376 g/mol. The first-order chi connectivity index (χ1) is 14.6. The second-order valence-electron chi connectivity index (χ2n) is 7.94. The fourth-order valence-corrected chi connectivity index (χ4v) is 3.83. The summed E-state index contributed by atoms with van der Waals surface area (Å²) in [5.41, 5.74) is 1.02. The van der Waals surface area contributed by atoms with Crippen LogP contribution < -0.4 is 10.1 Å². The SMILES string of the molecule is C[C@H](C(=O)NC1CCCC1)N(Cc1ccccc1)C(=O)CCCOc1ccccc1. The number of carbonyl (C=O) groups excluding carboxylic acids is 2. The van der Waals surface area contributed by atoms with E-state index in [1.807, 2.05) is 67.6 Å². The lowest BCUT2D eigenvalue weighted by Crippen LogP contribution is -2.49. The zero-order chi connectivity index (χ0) is 21.2. The predicted octanol–water partition coefficient (Wildman–Crippen LogP) is 4.32. The van der Waals surface area contributed by atoms with E-state index in [2.05, 4.69) is 5.32 Å². The van der Waals surface area contributed by atoms with Gasteiger partial charge in [-0.15, -0.1) is 0 Å². The highest BCUT2D eigenvalue weighted by molar-refractivity contribution is 5.87. The molecule has 0 unspecified atom stereocenters. The Hall–Kier alpha value is -2.82. The Morgan fingerprint density at radius 2 is 1.67 bits per heavy atom. The van der Waals surface area contributed by atoms with E-state index >= 15 is 0 Å². The molecule has 1 atom stereocenters. The minimum atomic E-state index is -0.506. The van der Waals surface area contributed by atoms with Gasteiger partial charge in [0.25, 0.3) is 0 Å². The van der Waals surface area contributed by atoms with Crippen molar-refractivity contribution in [2.75, 3.05) is 6.61 Å². The summed E-state index contributed by atoms with van der Waals surface area (Å²) >= 11 is 0. The van der Waals surface area contributed by atoms with Crippen LogP contribution in [-0.4, -0.2) is 35.4 Å². The largest absolute Gasteiger partial charge is 0.494 e. The number of hydrogen-bond donors (Lipinski definition) is 1. The van der Waals surface area contributed by atoms with Gasteiger partial charge in [-0.25, -0.2) is 0 Å². The van der Waals surface area contributed by atoms with E-state index in [1.54, 1.807) is 4.90 Å². The number of amides is 2. The van der Waals surface area contributed by atoms with Gasteiger partial charge in [-0.3, -0.25) is 9.59 Å². The summed E-state index contributed by atoms with van der Waals surface area (Å²) in [5, 5.41) is 3.13. The summed E-state index contributed by atoms with van der Waals surface area (Å²) in [6.07, 6.45) is 5.33. The number of nitrogens with zero attached hydrogens (tertiary/aromatic N) is 1. The van der Waals surface area contributed by atoms with Gasteiger partial charge in [-0.05, 0) is 43.9 Å². The first-order valence-corrected chi connectivity index (χ1v) is 10.9. The smallest absolute Gasteiger partial charge is 0.242 e. The van der Waals surface area contributed by atoms with Crippen molar-refractivity contribution in [3.63, 3.8) is 0 Å². The lowest BCUT2D eigenvalue weighted by atomic mass is 10.1. The predicted molar refractivity (Wildman–Crippen MR) is 118 cm³/mol. The molecule has 5 nitrogen and oxygen atoms in total. The summed E-state index contributed by atoms with van der Waals surface area (Å²) in [6, 6.07) is 19.2. The van der Waals surface area contributed by atoms with E-state index < -0.39 is 6.04 Å². The Balaban J connectivity index is 1.57. The summed E-state index contributed by atoms with van der Waals surface area (Å²) in [5.74, 6) is 0.715. The van der Waals surface area contributed by atoms with Crippen LogP contribution in [-0.2, 0) is 16.1 Å². The van der Waals surface area contributed by atoms with Gasteiger partial charge in [0, 0.05) is 19.0 Å². The van der Waals surface area contributed by atoms with Gasteiger partial charge in [-0.1, -0.05) is 61.4 Å². The highest BCUT2D eigenvalue weighted by atomic mass is 16.5. The third-order valence-electron chi connectivity index (χ3n) is 5.61. The molecule has 0 bridgehead atoms. The van der Waals surface area contributed by atoms with Gasteiger partial charge in [0.2, 0.25) is 11.8 Å². The maximum atomic E-state index is 13.0. The molecule has 2 aromatic carbocycles. The zero-order valence-corrected chi connectivity index (χ0v) is 17.8. The molecule has 1 aliphatic rings. The van der Waals surface area contributed by atoms with Crippen LogP contribution in [0, 0.1) is 0 Å². The highest BCUT2D eigenvalue weighted by Crippen LogP contribution is 2.19. The Labute approximate surface area is 179 Å². The molecule has 160 valence electrons. The van der Waals surface area contributed by atoms with Crippen LogP contribution in [0.25, 0.3) is 0 Å². The Morgan fingerprint density at radius 3 is 2.33 bits per heavy atom. The van der Waals surface area contributed by atoms with Crippen molar-refractivity contribution < 1.29 is 14.3 Å². The molecule has 0 heterocycles. The fraction of sp³-hybridized carbons (Fsp3) is 0.440. The van der Waals surface area contributed by atoms with Crippen molar-refractivity contribution >= 4 is 11.8 Å². The number of carbonyl (C=O) groups is 2. The van der Waals surface area contributed by atoms with Crippen LogP contribution in [0.4, 0.5) is 0 Å². The Bertz CT molecular complexity index is 789. The van der Waals surface area contributed by atoms with Gasteiger partial charge in [0.15, 0.2) is 0 Å². The molecule has 0 aliphatic heterocycles. The number of ether oxygens (including phenoxy) is 1. The average Bonchev–Trinajstić information content (AvgIpc) is 3.29. The molecule has 0 aromatic heterocycles. The van der Waals surface area contributed by atoms with Crippen LogP contribution in [0.1, 0.15) is 51.0 Å². The molecule has 0 saturated heterocycles. The summed E-state index contributed by atoms with van der Waals surface area (Å²) in [6.45, 7) is 2.72. The molecule has 0 radical (unpaired) electrons. The second-order valence-corrected chi connectivity index (χ2v) is 7.94. The monoisotopic (exact) mass is 408 g/mol. The minimum absolute atomic E-state index is 0.0235. The molecule has 1 aliphatic carbocycles. The fourth-order valence-electron chi connectivity index (χ4n) is 3.83. The van der Waals surface area contributed by atoms with Crippen molar-refractivity contribution in [1.29, 1.82) is 0 Å². The summed E-state index contributed by atoms with van der Waals surface area (Å²) in [7, 11) is 0. The number of hydrogen-bond acceptors (Lipinski definition) is 3. The number of benzene rings is 2. The van der Waals surface area contributed by atoms with Crippen molar-refractivity contribution in [2.24, 2.45) is 0 Å². The van der Waals surface area contributed by atoms with Gasteiger partial charge >= 0.3 is 0 Å². The minimum Gasteiger partial charge on any atom is -0.494 e. The van der Waals surface area contributed by atoms with Gasteiger partial charge in [0.1, 0.15) is 11.8 Å².